The molecule has 0 radical (unpaired) electrons. The first-order valence-electron chi connectivity index (χ1n) is 8.04. The van der Waals surface area contributed by atoms with Crippen LogP contribution >= 0.6 is 0 Å². The van der Waals surface area contributed by atoms with Crippen LogP contribution in [0.4, 0.5) is 4.79 Å². The highest BCUT2D eigenvalue weighted by atomic mass is 16.5. The fraction of sp³-hybridized carbons (Fsp3) is 0.222. The van der Waals surface area contributed by atoms with Crippen molar-refractivity contribution >= 4 is 40.8 Å². The summed E-state index contributed by atoms with van der Waals surface area (Å²) in [6.07, 6.45) is 1.43. The Morgan fingerprint density at radius 3 is 2.46 bits per heavy atom. The molecule has 4 amide bonds. The van der Waals surface area contributed by atoms with Gasteiger partial charge in [-0.1, -0.05) is 18.2 Å². The number of carbonyl (C=O) groups is 4. The number of nitrogens with zero attached hydrogens (tertiary/aromatic N) is 1. The number of hydrogen-bond acceptors (Lipinski definition) is 5. The van der Waals surface area contributed by atoms with Gasteiger partial charge in [-0.05, 0) is 26.0 Å². The first-order valence-corrected chi connectivity index (χ1v) is 8.04. The zero-order chi connectivity index (χ0) is 18.8. The summed E-state index contributed by atoms with van der Waals surface area (Å²) in [6.45, 7) is 3.81. The summed E-state index contributed by atoms with van der Waals surface area (Å²) in [4.78, 5) is 47.1. The molecule has 0 spiro atoms. The second-order valence-electron chi connectivity index (χ2n) is 5.70. The van der Waals surface area contributed by atoms with Crippen molar-refractivity contribution in [2.75, 3.05) is 6.61 Å². The molecule has 1 aromatic heterocycles. The lowest BCUT2D eigenvalue weighted by atomic mass is 10.1. The molecule has 0 saturated carbocycles. The van der Waals surface area contributed by atoms with Crippen molar-refractivity contribution < 1.29 is 23.9 Å². The summed E-state index contributed by atoms with van der Waals surface area (Å²) in [6, 6.07) is 6.48. The van der Waals surface area contributed by atoms with Gasteiger partial charge >= 0.3 is 12.0 Å². The van der Waals surface area contributed by atoms with Gasteiger partial charge in [0.25, 0.3) is 11.8 Å². The quantitative estimate of drug-likeness (QED) is 0.488. The van der Waals surface area contributed by atoms with Gasteiger partial charge in [0.2, 0.25) is 0 Å². The number of carbonyl (C=O) groups excluding carboxylic acids is 4. The van der Waals surface area contributed by atoms with Crippen molar-refractivity contribution in [3.8, 4) is 0 Å². The minimum Gasteiger partial charge on any atom is -0.465 e. The van der Waals surface area contributed by atoms with E-state index in [4.69, 9.17) is 4.74 Å². The third kappa shape index (κ3) is 3.08. The van der Waals surface area contributed by atoms with Crippen molar-refractivity contribution in [1.82, 2.24) is 15.2 Å². The maximum atomic E-state index is 12.0. The molecule has 2 aromatic rings. The Morgan fingerprint density at radius 1 is 1.15 bits per heavy atom. The molecule has 1 saturated heterocycles. The number of esters is 1. The molecular formula is C18H17N3O5. The predicted octanol–water partition coefficient (Wildman–Crippen LogP) is 1.26. The Labute approximate surface area is 148 Å². The lowest BCUT2D eigenvalue weighted by Crippen LogP contribution is -2.51. The van der Waals surface area contributed by atoms with Crippen molar-refractivity contribution in [2.45, 2.75) is 20.4 Å². The second-order valence-corrected chi connectivity index (χ2v) is 5.70. The number of hydrogen-bond donors (Lipinski definition) is 2. The Kier molecular flexibility index (Phi) is 4.57. The van der Waals surface area contributed by atoms with E-state index in [0.717, 1.165) is 10.9 Å². The molecular weight excluding hydrogens is 338 g/mol. The molecule has 1 fully saturated rings. The van der Waals surface area contributed by atoms with Crippen LogP contribution in [0, 0.1) is 6.92 Å². The molecule has 8 nitrogen and oxygen atoms in total. The molecule has 26 heavy (non-hydrogen) atoms. The van der Waals surface area contributed by atoms with Crippen LogP contribution in [0.2, 0.25) is 0 Å². The van der Waals surface area contributed by atoms with E-state index in [1.165, 1.54) is 6.08 Å². The number of rotatable bonds is 4. The van der Waals surface area contributed by atoms with Crippen LogP contribution in [0.3, 0.4) is 0 Å². The van der Waals surface area contributed by atoms with Gasteiger partial charge < -0.3 is 9.30 Å². The summed E-state index contributed by atoms with van der Waals surface area (Å²) < 4.78 is 6.78. The van der Waals surface area contributed by atoms with E-state index in [2.05, 4.69) is 0 Å². The van der Waals surface area contributed by atoms with E-state index >= 15 is 0 Å². The topological polar surface area (TPSA) is 106 Å². The van der Waals surface area contributed by atoms with E-state index in [0.29, 0.717) is 11.3 Å². The zero-order valence-electron chi connectivity index (χ0n) is 14.3. The molecule has 0 bridgehead atoms. The molecule has 134 valence electrons. The number of fused-ring (bicyclic) bond motifs is 1. The molecule has 1 aromatic carbocycles. The lowest BCUT2D eigenvalue weighted by Gasteiger charge is -2.14. The zero-order valence-corrected chi connectivity index (χ0v) is 14.3. The molecule has 2 N–H and O–H groups in total. The molecule has 8 heteroatoms. The fourth-order valence-electron chi connectivity index (χ4n) is 2.93. The number of imide groups is 2. The highest BCUT2D eigenvalue weighted by molar-refractivity contribution is 6.31. The van der Waals surface area contributed by atoms with Gasteiger partial charge in [-0.15, -0.1) is 0 Å². The van der Waals surface area contributed by atoms with Crippen molar-refractivity contribution in [2.24, 2.45) is 0 Å². The van der Waals surface area contributed by atoms with Crippen LogP contribution in [0.15, 0.2) is 29.8 Å². The van der Waals surface area contributed by atoms with E-state index in [9.17, 15) is 19.2 Å². The summed E-state index contributed by atoms with van der Waals surface area (Å²) in [7, 11) is 0. The van der Waals surface area contributed by atoms with Crippen LogP contribution < -0.4 is 10.6 Å². The summed E-state index contributed by atoms with van der Waals surface area (Å²) in [5.41, 5.74) is 1.92. The van der Waals surface area contributed by atoms with E-state index in [-0.39, 0.29) is 24.7 Å². The van der Waals surface area contributed by atoms with Crippen molar-refractivity contribution in [3.05, 3.63) is 41.1 Å². The van der Waals surface area contributed by atoms with Gasteiger partial charge in [0, 0.05) is 22.2 Å². The average Bonchev–Trinajstić information content (AvgIpc) is 2.83. The van der Waals surface area contributed by atoms with Gasteiger partial charge in [0.05, 0.1) is 6.61 Å². The molecule has 2 heterocycles. The second kappa shape index (κ2) is 6.83. The predicted molar refractivity (Wildman–Crippen MR) is 93.0 cm³/mol. The Hall–Kier alpha value is -3.42. The summed E-state index contributed by atoms with van der Waals surface area (Å²) >= 11 is 0. The van der Waals surface area contributed by atoms with Crippen LogP contribution in [0.5, 0.6) is 0 Å². The van der Waals surface area contributed by atoms with Crippen LogP contribution in [-0.4, -0.2) is 35.0 Å². The lowest BCUT2D eigenvalue weighted by molar-refractivity contribution is -0.143. The Balaban J connectivity index is 2.12. The maximum absolute atomic E-state index is 12.0. The van der Waals surface area contributed by atoms with Crippen LogP contribution in [0.25, 0.3) is 17.0 Å². The van der Waals surface area contributed by atoms with E-state index in [1.807, 2.05) is 34.9 Å². The molecule has 1 aliphatic rings. The number of nitrogens with one attached hydrogen (secondary N) is 2. The number of amides is 4. The first kappa shape index (κ1) is 17.4. The van der Waals surface area contributed by atoms with Gasteiger partial charge in [0.1, 0.15) is 12.1 Å². The van der Waals surface area contributed by atoms with Gasteiger partial charge in [-0.2, -0.15) is 0 Å². The van der Waals surface area contributed by atoms with E-state index in [1.54, 1.807) is 18.4 Å². The largest absolute Gasteiger partial charge is 0.465 e. The smallest absolute Gasteiger partial charge is 0.328 e. The SMILES string of the molecule is CCOC(=O)Cn1c(C)c(C=C2C(=O)NC(=O)NC2=O)c2ccccc21. The average molecular weight is 355 g/mol. The Morgan fingerprint density at radius 2 is 1.81 bits per heavy atom. The van der Waals surface area contributed by atoms with Gasteiger partial charge in [-0.3, -0.25) is 25.0 Å². The highest BCUT2D eigenvalue weighted by Crippen LogP contribution is 2.28. The van der Waals surface area contributed by atoms with Crippen LogP contribution in [-0.2, 0) is 25.7 Å². The fourth-order valence-corrected chi connectivity index (χ4v) is 2.93. The first-order chi connectivity index (χ1) is 12.4. The number of para-hydroxylation sites is 1. The minimum atomic E-state index is -0.849. The molecule has 3 rings (SSSR count). The van der Waals surface area contributed by atoms with Crippen LogP contribution in [0.1, 0.15) is 18.2 Å². The summed E-state index contributed by atoms with van der Waals surface area (Å²) in [5.74, 6) is -1.91. The number of barbiturate groups is 1. The molecule has 1 aliphatic heterocycles. The number of ether oxygens (including phenoxy) is 1. The third-order valence-electron chi connectivity index (χ3n) is 4.10. The normalized spacial score (nSPS) is 14.2. The highest BCUT2D eigenvalue weighted by Gasteiger charge is 2.28. The molecule has 0 unspecified atom stereocenters. The minimum absolute atomic E-state index is 0.0141. The number of aromatic nitrogens is 1. The van der Waals surface area contributed by atoms with Gasteiger partial charge in [0.15, 0.2) is 0 Å². The number of benzene rings is 1. The van der Waals surface area contributed by atoms with Crippen molar-refractivity contribution in [3.63, 3.8) is 0 Å². The monoisotopic (exact) mass is 355 g/mol. The molecule has 0 atom stereocenters. The van der Waals surface area contributed by atoms with Crippen molar-refractivity contribution in [1.29, 1.82) is 0 Å². The Bertz CT molecular complexity index is 949. The number of urea groups is 1. The standard InChI is InChI=1S/C18H17N3O5/c1-3-26-15(22)9-21-10(2)12(11-6-4-5-7-14(11)21)8-13-16(23)19-18(25)20-17(13)24/h4-8H,3,9H2,1-2H3,(H2,19,20,23,24,25). The maximum Gasteiger partial charge on any atom is 0.328 e. The molecule has 0 aliphatic carbocycles. The van der Waals surface area contributed by atoms with Gasteiger partial charge in [-0.25, -0.2) is 4.79 Å². The van der Waals surface area contributed by atoms with E-state index < -0.39 is 17.8 Å². The third-order valence-corrected chi connectivity index (χ3v) is 4.10. The summed E-state index contributed by atoms with van der Waals surface area (Å²) in [5, 5.41) is 4.87.